The second-order valence-electron chi connectivity index (χ2n) is 8.28. The van der Waals surface area contributed by atoms with Crippen molar-refractivity contribution in [2.24, 2.45) is 5.41 Å². The predicted molar refractivity (Wildman–Crippen MR) is 117 cm³/mol. The molecule has 9 nitrogen and oxygen atoms in total. The number of urea groups is 1. The van der Waals surface area contributed by atoms with Gasteiger partial charge in [-0.15, -0.1) is 0 Å². The number of nitrogens with zero attached hydrogens (tertiary/aromatic N) is 3. The number of rotatable bonds is 8. The molecule has 0 atom stereocenters. The number of anilines is 1. The summed E-state index contributed by atoms with van der Waals surface area (Å²) in [6, 6.07) is 4.07. The van der Waals surface area contributed by atoms with Crippen molar-refractivity contribution in [3.63, 3.8) is 0 Å². The van der Waals surface area contributed by atoms with Gasteiger partial charge < -0.3 is 25.2 Å². The lowest BCUT2D eigenvalue weighted by molar-refractivity contribution is -0.145. The van der Waals surface area contributed by atoms with E-state index in [1.807, 2.05) is 17.3 Å². The van der Waals surface area contributed by atoms with Crippen molar-refractivity contribution in [2.45, 2.75) is 39.0 Å². The number of pyridine rings is 1. The highest BCUT2D eigenvalue weighted by molar-refractivity contribution is 5.94. The third kappa shape index (κ3) is 6.57. The molecule has 9 heteroatoms. The van der Waals surface area contributed by atoms with E-state index >= 15 is 0 Å². The van der Waals surface area contributed by atoms with Gasteiger partial charge in [-0.2, -0.15) is 0 Å². The summed E-state index contributed by atoms with van der Waals surface area (Å²) in [7, 11) is 0. The summed E-state index contributed by atoms with van der Waals surface area (Å²) in [5.74, 6) is -0.884. The molecule has 2 aliphatic rings. The van der Waals surface area contributed by atoms with Gasteiger partial charge in [-0.05, 0) is 50.2 Å². The van der Waals surface area contributed by atoms with Gasteiger partial charge in [0, 0.05) is 57.3 Å². The summed E-state index contributed by atoms with van der Waals surface area (Å²) >= 11 is 0. The number of piperidine rings is 1. The fourth-order valence-corrected chi connectivity index (χ4v) is 4.33. The number of hydrogen-bond donors (Lipinski definition) is 2. The Kier molecular flexibility index (Phi) is 8.08. The van der Waals surface area contributed by atoms with E-state index in [2.05, 4.69) is 32.7 Å². The van der Waals surface area contributed by atoms with E-state index in [0.29, 0.717) is 24.9 Å². The molecule has 1 aromatic heterocycles. The average Bonchev–Trinajstić information content (AvgIpc) is 3.18. The van der Waals surface area contributed by atoms with Crippen LogP contribution in [0.1, 0.15) is 39.0 Å². The third-order valence-electron chi connectivity index (χ3n) is 6.14. The van der Waals surface area contributed by atoms with Gasteiger partial charge >= 0.3 is 12.0 Å². The Hall–Kier alpha value is -2.84. The van der Waals surface area contributed by atoms with E-state index in [1.165, 1.54) is 5.69 Å². The number of likely N-dealkylation sites (tertiary alicyclic amines) is 1. The molecule has 2 aliphatic heterocycles. The molecule has 170 valence electrons. The van der Waals surface area contributed by atoms with Crippen LogP contribution in [-0.2, 0) is 14.3 Å². The van der Waals surface area contributed by atoms with E-state index in [4.69, 9.17) is 4.74 Å². The van der Waals surface area contributed by atoms with Crippen LogP contribution in [0, 0.1) is 5.41 Å². The van der Waals surface area contributed by atoms with E-state index in [9.17, 15) is 14.4 Å². The summed E-state index contributed by atoms with van der Waals surface area (Å²) in [6.45, 7) is 6.49. The van der Waals surface area contributed by atoms with Crippen LogP contribution in [0.15, 0.2) is 24.5 Å². The van der Waals surface area contributed by atoms with Gasteiger partial charge in [0.2, 0.25) is 5.91 Å². The average molecular weight is 432 g/mol. The van der Waals surface area contributed by atoms with Gasteiger partial charge in [0.15, 0.2) is 0 Å². The first-order valence-electron chi connectivity index (χ1n) is 11.1. The summed E-state index contributed by atoms with van der Waals surface area (Å²) in [5.41, 5.74) is 1.52. The lowest BCUT2D eigenvalue weighted by Crippen LogP contribution is -2.48. The summed E-state index contributed by atoms with van der Waals surface area (Å²) in [6.07, 6.45) is 7.21. The molecule has 0 bridgehead atoms. The van der Waals surface area contributed by atoms with Gasteiger partial charge in [0.25, 0.3) is 0 Å². The fraction of sp³-hybridized carbons (Fsp3) is 0.636. The molecule has 0 radical (unpaired) electrons. The molecule has 1 spiro atoms. The number of carbonyl (C=O) groups excluding carboxylic acids is 3. The molecule has 0 aromatic carbocycles. The molecule has 0 unspecified atom stereocenters. The smallest absolute Gasteiger partial charge is 0.317 e. The van der Waals surface area contributed by atoms with E-state index < -0.39 is 5.97 Å². The van der Waals surface area contributed by atoms with Crippen molar-refractivity contribution in [2.75, 3.05) is 50.8 Å². The largest absolute Gasteiger partial charge is 0.466 e. The topological polar surface area (TPSA) is 104 Å². The van der Waals surface area contributed by atoms with Crippen molar-refractivity contribution in [3.05, 3.63) is 24.5 Å². The number of carbonyl (C=O) groups is 3. The number of nitrogens with one attached hydrogen (secondary N) is 2. The third-order valence-corrected chi connectivity index (χ3v) is 6.14. The quantitative estimate of drug-likeness (QED) is 0.368. The van der Waals surface area contributed by atoms with E-state index in [-0.39, 0.29) is 25.0 Å². The van der Waals surface area contributed by atoms with Crippen molar-refractivity contribution in [1.82, 2.24) is 20.5 Å². The number of ether oxygens (including phenoxy) is 1. The number of amides is 3. The molecule has 2 N–H and O–H groups in total. The summed E-state index contributed by atoms with van der Waals surface area (Å²) < 4.78 is 4.73. The number of esters is 1. The molecule has 1 aromatic rings. The van der Waals surface area contributed by atoms with Crippen LogP contribution < -0.4 is 15.5 Å². The highest BCUT2D eigenvalue weighted by Crippen LogP contribution is 2.41. The Balaban J connectivity index is 1.30. The summed E-state index contributed by atoms with van der Waals surface area (Å²) in [5, 5.41) is 5.59. The van der Waals surface area contributed by atoms with Crippen molar-refractivity contribution < 1.29 is 19.1 Å². The van der Waals surface area contributed by atoms with Crippen LogP contribution in [-0.4, -0.2) is 73.7 Å². The first-order valence-corrected chi connectivity index (χ1v) is 11.1. The van der Waals surface area contributed by atoms with Crippen LogP contribution >= 0.6 is 0 Å². The van der Waals surface area contributed by atoms with Crippen molar-refractivity contribution >= 4 is 23.6 Å². The highest BCUT2D eigenvalue weighted by Gasteiger charge is 2.41. The molecular formula is C22H33N5O4. The monoisotopic (exact) mass is 431 g/mol. The Bertz CT molecular complexity index is 750. The molecular weight excluding hydrogens is 398 g/mol. The predicted octanol–water partition coefficient (Wildman–Crippen LogP) is 1.54. The van der Waals surface area contributed by atoms with Gasteiger partial charge in [0.1, 0.15) is 6.42 Å². The maximum atomic E-state index is 12.5. The van der Waals surface area contributed by atoms with Gasteiger partial charge in [-0.1, -0.05) is 0 Å². The molecule has 3 amide bonds. The lowest BCUT2D eigenvalue weighted by Gasteiger charge is -2.39. The second-order valence-corrected chi connectivity index (χ2v) is 8.28. The molecule has 0 saturated carbocycles. The first kappa shape index (κ1) is 22.8. The van der Waals surface area contributed by atoms with Crippen LogP contribution in [0.4, 0.5) is 10.5 Å². The normalized spacial score (nSPS) is 17.5. The fourth-order valence-electron chi connectivity index (χ4n) is 4.33. The van der Waals surface area contributed by atoms with Gasteiger partial charge in [-0.3, -0.25) is 14.6 Å². The first-order chi connectivity index (χ1) is 15.0. The standard InChI is InChI=1S/C22H33N5O4/c1-2-31-20(29)16-19(28)24-9-3-10-25-21(30)26-13-6-22(7-14-26)8-15-27(17-22)18-4-11-23-12-5-18/h4-5,11-12H,2-3,6-10,13-17H2,1H3,(H,24,28)(H,25,30). The van der Waals surface area contributed by atoms with Crippen molar-refractivity contribution in [3.8, 4) is 0 Å². The molecule has 3 heterocycles. The Labute approximate surface area is 183 Å². The van der Waals surface area contributed by atoms with E-state index in [0.717, 1.165) is 45.4 Å². The zero-order valence-corrected chi connectivity index (χ0v) is 18.3. The summed E-state index contributed by atoms with van der Waals surface area (Å²) in [4.78, 5) is 43.7. The zero-order valence-electron chi connectivity index (χ0n) is 18.3. The molecule has 2 fully saturated rings. The maximum Gasteiger partial charge on any atom is 0.317 e. The molecule has 2 saturated heterocycles. The zero-order chi connectivity index (χ0) is 22.1. The van der Waals surface area contributed by atoms with Crippen LogP contribution in [0.3, 0.4) is 0 Å². The minimum Gasteiger partial charge on any atom is -0.466 e. The Morgan fingerprint density at radius 3 is 2.45 bits per heavy atom. The maximum absolute atomic E-state index is 12.5. The second kappa shape index (κ2) is 11.0. The minimum atomic E-state index is -0.526. The molecule has 31 heavy (non-hydrogen) atoms. The van der Waals surface area contributed by atoms with Gasteiger partial charge in [0.05, 0.1) is 6.61 Å². The number of aromatic nitrogens is 1. The van der Waals surface area contributed by atoms with E-state index in [1.54, 1.807) is 6.92 Å². The lowest BCUT2D eigenvalue weighted by atomic mass is 9.78. The molecule has 0 aliphatic carbocycles. The minimum absolute atomic E-state index is 0.0447. The number of hydrogen-bond acceptors (Lipinski definition) is 6. The van der Waals surface area contributed by atoms with Crippen LogP contribution in [0.25, 0.3) is 0 Å². The van der Waals surface area contributed by atoms with Crippen LogP contribution in [0.2, 0.25) is 0 Å². The SMILES string of the molecule is CCOC(=O)CC(=O)NCCCNC(=O)N1CCC2(CC1)CCN(c1ccncc1)C2. The van der Waals surface area contributed by atoms with Crippen molar-refractivity contribution in [1.29, 1.82) is 0 Å². The Morgan fingerprint density at radius 2 is 1.74 bits per heavy atom. The highest BCUT2D eigenvalue weighted by atomic mass is 16.5. The van der Waals surface area contributed by atoms with Gasteiger partial charge in [-0.25, -0.2) is 4.79 Å². The van der Waals surface area contributed by atoms with Crippen LogP contribution in [0.5, 0.6) is 0 Å². The Morgan fingerprint density at radius 1 is 1.06 bits per heavy atom. The molecule has 3 rings (SSSR count).